The molecule has 0 saturated heterocycles. The van der Waals surface area contributed by atoms with Gasteiger partial charge in [-0.3, -0.25) is 0 Å². The van der Waals surface area contributed by atoms with Crippen molar-refractivity contribution >= 4 is 34.1 Å². The molecule has 0 amide bonds. The summed E-state index contributed by atoms with van der Waals surface area (Å²) >= 11 is 0. The highest BCUT2D eigenvalue weighted by Crippen LogP contribution is 2.68. The van der Waals surface area contributed by atoms with Crippen LogP contribution in [-0.2, 0) is 32.5 Å². The van der Waals surface area contributed by atoms with Crippen molar-refractivity contribution in [3.05, 3.63) is 537 Å². The van der Waals surface area contributed by atoms with E-state index in [1.54, 1.807) is 0 Å². The molecular weight excluding hydrogens is 1470 g/mol. The number of nitrogens with zero attached hydrogens (tertiary/aromatic N) is 2. The first-order chi connectivity index (χ1) is 59.8. The number of rotatable bonds is 10. The van der Waals surface area contributed by atoms with Gasteiger partial charge in [-0.1, -0.05) is 406 Å². The Morgan fingerprint density at radius 2 is 0.385 bits per heavy atom. The fourth-order valence-electron chi connectivity index (χ4n) is 23.3. The Morgan fingerprint density at radius 3 is 0.746 bits per heavy atom. The Balaban J connectivity index is 0.000000144. The topological polar surface area (TPSA) is 6.48 Å². The van der Waals surface area contributed by atoms with E-state index in [0.717, 1.165) is 34.1 Å². The molecule has 0 unspecified atom stereocenters. The summed E-state index contributed by atoms with van der Waals surface area (Å²) in [6.07, 6.45) is 0. The van der Waals surface area contributed by atoms with Gasteiger partial charge in [0.2, 0.25) is 0 Å². The van der Waals surface area contributed by atoms with Crippen molar-refractivity contribution < 1.29 is 0 Å². The lowest BCUT2D eigenvalue weighted by atomic mass is 9.51. The molecule has 0 bridgehead atoms. The molecule has 122 heavy (non-hydrogen) atoms. The number of para-hydroxylation sites is 2. The minimum absolute atomic E-state index is 0.0788. The van der Waals surface area contributed by atoms with Crippen molar-refractivity contribution in [3.8, 4) is 66.8 Å². The molecular formula is C120H90N2. The van der Waals surface area contributed by atoms with E-state index in [2.05, 4.69) is 488 Å². The minimum Gasteiger partial charge on any atom is -0.310 e. The molecule has 0 N–H and O–H groups in total. The maximum absolute atomic E-state index is 2.42. The molecule has 2 heteroatoms. The van der Waals surface area contributed by atoms with Crippen LogP contribution in [0.3, 0.4) is 0 Å². The number of fused-ring (bicyclic) bond motifs is 24. The van der Waals surface area contributed by atoms with Crippen LogP contribution in [0, 0.1) is 0 Å². The van der Waals surface area contributed by atoms with Crippen molar-refractivity contribution in [3.63, 3.8) is 0 Å². The molecule has 0 radical (unpaired) electrons. The fourth-order valence-corrected chi connectivity index (χ4v) is 23.3. The first-order valence-corrected chi connectivity index (χ1v) is 43.2. The van der Waals surface area contributed by atoms with Crippen LogP contribution in [0.1, 0.15) is 142 Å². The van der Waals surface area contributed by atoms with Gasteiger partial charge in [-0.05, 0) is 240 Å². The quantitative estimate of drug-likeness (QED) is 0.135. The standard InChI is InChI=1S/C65H47N.C55H43N/c1-63(2)54-30-14-12-27-51(54)52-42-41-49(43-61(52)63)66(47-25-10-5-11-26-47)48-39-37-44(38-40-48)50-29-20-36-60-62(50)53-28-13-15-31-55(53)65(60)58-34-18-16-32-56(58)64(45-21-6-3-7-22-45,46-23-8-4-9-24-46)57-33-17-19-35-59(57)65;1-53(2)44-22-10-8-19-41(44)42-34-33-39(35-51(42)53)56(37-17-6-5-7-18-37)38-31-29-36(30-32-38)40-21-16-28-50-52(40)43-20-9-11-23-45(43)55(50)48-26-14-12-24-46(48)54(3,4)47-25-13-15-27-49(47)55/h3-43H,1-2H3;5-35H,1-4H3. The molecule has 18 aromatic carbocycles. The average molecular weight is 1560 g/mol. The molecule has 0 aromatic heterocycles. The number of hydrogen-bond donors (Lipinski definition) is 0. The van der Waals surface area contributed by atoms with Gasteiger partial charge >= 0.3 is 0 Å². The van der Waals surface area contributed by atoms with Gasteiger partial charge in [0.1, 0.15) is 0 Å². The van der Waals surface area contributed by atoms with Gasteiger partial charge in [-0.15, -0.1) is 0 Å². The zero-order chi connectivity index (χ0) is 81.9. The van der Waals surface area contributed by atoms with Crippen molar-refractivity contribution in [2.75, 3.05) is 9.80 Å². The molecule has 0 fully saturated rings. The lowest BCUT2D eigenvalue weighted by Crippen LogP contribution is -2.44. The molecule has 580 valence electrons. The highest BCUT2D eigenvalue weighted by atomic mass is 15.1. The summed E-state index contributed by atoms with van der Waals surface area (Å²) < 4.78 is 0. The predicted molar refractivity (Wildman–Crippen MR) is 507 cm³/mol. The largest absolute Gasteiger partial charge is 0.310 e. The summed E-state index contributed by atoms with van der Waals surface area (Å²) in [5, 5.41) is 0. The Hall–Kier alpha value is -14.4. The Kier molecular flexibility index (Phi) is 16.4. The van der Waals surface area contributed by atoms with E-state index in [1.807, 2.05) is 0 Å². The second-order valence-electron chi connectivity index (χ2n) is 35.6. The van der Waals surface area contributed by atoms with E-state index in [0.29, 0.717) is 0 Å². The van der Waals surface area contributed by atoms with Crippen LogP contribution in [-0.4, -0.2) is 0 Å². The summed E-state index contributed by atoms with van der Waals surface area (Å²) in [5.41, 5.74) is 44.9. The smallest absolute Gasteiger partial charge is 0.0720 e. The van der Waals surface area contributed by atoms with Gasteiger partial charge in [0.05, 0.1) is 16.2 Å². The molecule has 6 aliphatic rings. The van der Waals surface area contributed by atoms with Gasteiger partial charge in [0.25, 0.3) is 0 Å². The average Bonchev–Trinajstić information content (AvgIpc) is 1.40. The fraction of sp³-hybridized carbons (Fsp3) is 0.100. The lowest BCUT2D eigenvalue weighted by molar-refractivity contribution is 0.563. The summed E-state index contributed by atoms with van der Waals surface area (Å²) in [6, 6.07) is 164. The summed E-state index contributed by atoms with van der Waals surface area (Å²) in [7, 11) is 0. The summed E-state index contributed by atoms with van der Waals surface area (Å²) in [5.74, 6) is 0. The van der Waals surface area contributed by atoms with Crippen LogP contribution >= 0.6 is 0 Å². The highest BCUT2D eigenvalue weighted by Gasteiger charge is 2.58. The Bertz CT molecular complexity index is 7070. The zero-order valence-corrected chi connectivity index (χ0v) is 69.5. The maximum Gasteiger partial charge on any atom is 0.0720 e. The van der Waals surface area contributed by atoms with E-state index in [4.69, 9.17) is 0 Å². The molecule has 0 aliphatic heterocycles. The second kappa shape index (κ2) is 27.6. The Morgan fingerprint density at radius 1 is 0.148 bits per heavy atom. The van der Waals surface area contributed by atoms with Gasteiger partial charge in [0.15, 0.2) is 0 Å². The van der Waals surface area contributed by atoms with Gasteiger partial charge in [0, 0.05) is 50.4 Å². The number of hydrogen-bond acceptors (Lipinski definition) is 2. The third-order valence-corrected chi connectivity index (χ3v) is 28.6. The highest BCUT2D eigenvalue weighted by molar-refractivity contribution is 6.00. The van der Waals surface area contributed by atoms with E-state index in [9.17, 15) is 0 Å². The molecule has 2 spiro atoms. The van der Waals surface area contributed by atoms with Gasteiger partial charge in [-0.2, -0.15) is 0 Å². The first-order valence-electron chi connectivity index (χ1n) is 43.2. The first kappa shape index (κ1) is 72.8. The normalized spacial score (nSPS) is 15.2. The van der Waals surface area contributed by atoms with Gasteiger partial charge < -0.3 is 9.80 Å². The monoisotopic (exact) mass is 1560 g/mol. The van der Waals surface area contributed by atoms with E-state index in [1.165, 1.54) is 167 Å². The molecule has 2 nitrogen and oxygen atoms in total. The Labute approximate surface area is 716 Å². The third-order valence-electron chi connectivity index (χ3n) is 28.6. The predicted octanol–water partition coefficient (Wildman–Crippen LogP) is 30.3. The molecule has 0 heterocycles. The van der Waals surface area contributed by atoms with Crippen molar-refractivity contribution in [1.29, 1.82) is 0 Å². The number of anilines is 6. The van der Waals surface area contributed by atoms with E-state index in [-0.39, 0.29) is 16.2 Å². The second-order valence-corrected chi connectivity index (χ2v) is 35.6. The zero-order valence-electron chi connectivity index (χ0n) is 69.5. The third kappa shape index (κ3) is 10.2. The van der Waals surface area contributed by atoms with E-state index < -0.39 is 16.2 Å². The van der Waals surface area contributed by atoms with Crippen LogP contribution < -0.4 is 9.80 Å². The summed E-state index contributed by atoms with van der Waals surface area (Å²) in [6.45, 7) is 14.2. The van der Waals surface area contributed by atoms with E-state index >= 15 is 0 Å². The van der Waals surface area contributed by atoms with Crippen LogP contribution in [0.5, 0.6) is 0 Å². The maximum atomic E-state index is 2.42. The number of benzene rings is 18. The minimum atomic E-state index is -0.548. The van der Waals surface area contributed by atoms with Crippen molar-refractivity contribution in [1.82, 2.24) is 0 Å². The molecule has 6 aliphatic carbocycles. The van der Waals surface area contributed by atoms with Crippen molar-refractivity contribution in [2.45, 2.75) is 74.0 Å². The SMILES string of the molecule is CC1(C)c2ccccc2-c2ccc(N(c3ccccc3)c3ccc(-c4cccc5c4-c4ccccc4C54c5ccccc5C(C)(C)c5ccccc54)cc3)cc21.CC1(C)c2ccccc2-c2ccc(N(c3ccccc3)c3ccc(-c4cccc5c4-c4ccccc4C54c5ccccc5C(c5ccccc5)(c5ccccc5)c5ccccc54)cc3)cc21. The van der Waals surface area contributed by atoms with Crippen LogP contribution in [0.15, 0.2) is 437 Å². The summed E-state index contributed by atoms with van der Waals surface area (Å²) in [4.78, 5) is 4.81. The lowest BCUT2D eigenvalue weighted by Gasteiger charge is -2.50. The van der Waals surface area contributed by atoms with Crippen LogP contribution in [0.4, 0.5) is 34.1 Å². The van der Waals surface area contributed by atoms with Gasteiger partial charge in [-0.25, -0.2) is 0 Å². The van der Waals surface area contributed by atoms with Crippen LogP contribution in [0.2, 0.25) is 0 Å². The molecule has 0 saturated carbocycles. The molecule has 18 aromatic rings. The molecule has 24 rings (SSSR count). The molecule has 0 atom stereocenters. The van der Waals surface area contributed by atoms with Crippen LogP contribution in [0.25, 0.3) is 66.8 Å². The van der Waals surface area contributed by atoms with Crippen molar-refractivity contribution in [2.24, 2.45) is 0 Å².